The molecule has 0 amide bonds. The highest BCUT2D eigenvalue weighted by molar-refractivity contribution is 6.46. The Morgan fingerprint density at radius 2 is 2.10 bits per heavy atom. The van der Waals surface area contributed by atoms with E-state index in [1.54, 1.807) is 0 Å². The summed E-state index contributed by atoms with van der Waals surface area (Å²) in [6.07, 6.45) is 2.11. The van der Waals surface area contributed by atoms with Crippen molar-refractivity contribution >= 4 is 12.9 Å². The molecule has 2 fully saturated rings. The van der Waals surface area contributed by atoms with Crippen molar-refractivity contribution in [2.75, 3.05) is 0 Å². The molecule has 0 bridgehead atoms. The van der Waals surface area contributed by atoms with Gasteiger partial charge in [-0.2, -0.15) is 0 Å². The molecule has 2 aliphatic carbocycles. The molecule has 0 radical (unpaired) electrons. The number of Topliss-reactive ketones (excluding diaryl/α,β-unsaturated/α-hetero) is 1. The number of carbonyl (C=O) groups is 1. The zero-order chi connectivity index (χ0) is 7.35. The van der Waals surface area contributed by atoms with Gasteiger partial charge >= 0.3 is 7.12 Å². The quantitative estimate of drug-likeness (QED) is 0.486. The van der Waals surface area contributed by atoms with Gasteiger partial charge in [0, 0.05) is 17.7 Å². The molecule has 1 atom stereocenters. The Labute approximate surface area is 59.2 Å². The fourth-order valence-corrected chi connectivity index (χ4v) is 1.85. The van der Waals surface area contributed by atoms with Crippen molar-refractivity contribution in [2.45, 2.75) is 25.1 Å². The molecule has 2 rings (SSSR count). The molecule has 2 saturated carbocycles. The first-order chi connectivity index (χ1) is 4.67. The molecule has 0 aliphatic heterocycles. The largest absolute Gasteiger partial charge is 0.456 e. The number of ketones is 1. The van der Waals surface area contributed by atoms with Crippen molar-refractivity contribution in [1.82, 2.24) is 0 Å². The summed E-state index contributed by atoms with van der Waals surface area (Å²) in [5, 5.41) is 17.5. The van der Waals surface area contributed by atoms with Gasteiger partial charge in [0.2, 0.25) is 0 Å². The SMILES string of the molecule is O=C1CC(B(O)O)C12CC2. The van der Waals surface area contributed by atoms with Gasteiger partial charge in [0.1, 0.15) is 5.78 Å². The zero-order valence-electron chi connectivity index (χ0n) is 5.58. The number of hydrogen-bond acceptors (Lipinski definition) is 3. The normalized spacial score (nSPS) is 33.8. The summed E-state index contributed by atoms with van der Waals surface area (Å²) in [7, 11) is -1.28. The number of rotatable bonds is 1. The van der Waals surface area contributed by atoms with Crippen LogP contribution in [0.3, 0.4) is 0 Å². The summed E-state index contributed by atoms with van der Waals surface area (Å²) in [6, 6.07) is 0. The number of carbonyl (C=O) groups excluding carboxylic acids is 1. The molecule has 0 heterocycles. The molecule has 0 aromatic rings. The third kappa shape index (κ3) is 0.558. The van der Waals surface area contributed by atoms with E-state index in [9.17, 15) is 4.79 Å². The predicted octanol–water partition coefficient (Wildman–Crippen LogP) is -0.418. The Morgan fingerprint density at radius 3 is 2.30 bits per heavy atom. The average molecular weight is 140 g/mol. The van der Waals surface area contributed by atoms with Gasteiger partial charge in [0.05, 0.1) is 0 Å². The predicted molar refractivity (Wildman–Crippen MR) is 35.2 cm³/mol. The minimum absolute atomic E-state index is 0.153. The zero-order valence-corrected chi connectivity index (χ0v) is 5.58. The lowest BCUT2D eigenvalue weighted by molar-refractivity contribution is -0.131. The molecular formula is C6H9BO3. The van der Waals surface area contributed by atoms with Gasteiger partial charge in [-0.25, -0.2) is 0 Å². The van der Waals surface area contributed by atoms with Crippen molar-refractivity contribution < 1.29 is 14.8 Å². The fraction of sp³-hybridized carbons (Fsp3) is 0.833. The standard InChI is InChI=1S/C6H9BO3/c8-5-3-4(7(9)10)6(5)1-2-6/h4,9-10H,1-3H2. The Balaban J connectivity index is 2.10. The van der Waals surface area contributed by atoms with Crippen LogP contribution in [0.15, 0.2) is 0 Å². The van der Waals surface area contributed by atoms with Crippen molar-refractivity contribution in [3.8, 4) is 0 Å². The highest BCUT2D eigenvalue weighted by Gasteiger charge is 2.65. The molecule has 2 aliphatic rings. The summed E-state index contributed by atoms with van der Waals surface area (Å²) in [5.74, 6) is 0.0746. The molecule has 1 spiro atoms. The minimum atomic E-state index is -1.28. The first-order valence-electron chi connectivity index (χ1n) is 3.56. The maximum Gasteiger partial charge on any atom is 0.456 e. The van der Waals surface area contributed by atoms with E-state index < -0.39 is 7.12 Å². The molecular weight excluding hydrogens is 131 g/mol. The van der Waals surface area contributed by atoms with Crippen LogP contribution >= 0.6 is 0 Å². The Morgan fingerprint density at radius 1 is 1.50 bits per heavy atom. The Kier molecular flexibility index (Phi) is 1.04. The molecule has 0 aromatic heterocycles. The number of hydrogen-bond donors (Lipinski definition) is 2. The van der Waals surface area contributed by atoms with E-state index in [0.29, 0.717) is 6.42 Å². The van der Waals surface area contributed by atoms with Crippen LogP contribution in [0.5, 0.6) is 0 Å². The molecule has 0 aromatic carbocycles. The average Bonchev–Trinajstić information content (AvgIpc) is 2.61. The summed E-state index contributed by atoms with van der Waals surface area (Å²) in [4.78, 5) is 10.9. The smallest absolute Gasteiger partial charge is 0.427 e. The van der Waals surface area contributed by atoms with E-state index in [1.807, 2.05) is 0 Å². The lowest BCUT2D eigenvalue weighted by Gasteiger charge is -2.34. The third-order valence-electron chi connectivity index (χ3n) is 2.82. The fourth-order valence-electron chi connectivity index (χ4n) is 1.85. The topological polar surface area (TPSA) is 57.5 Å². The monoisotopic (exact) mass is 140 g/mol. The van der Waals surface area contributed by atoms with Gasteiger partial charge in [-0.1, -0.05) is 0 Å². The highest BCUT2D eigenvalue weighted by atomic mass is 16.4. The highest BCUT2D eigenvalue weighted by Crippen LogP contribution is 2.65. The minimum Gasteiger partial charge on any atom is -0.427 e. The van der Waals surface area contributed by atoms with Crippen molar-refractivity contribution in [1.29, 1.82) is 0 Å². The van der Waals surface area contributed by atoms with Crippen LogP contribution in [-0.2, 0) is 4.79 Å². The lowest BCUT2D eigenvalue weighted by atomic mass is 9.52. The molecule has 2 N–H and O–H groups in total. The second-order valence-corrected chi connectivity index (χ2v) is 3.30. The van der Waals surface area contributed by atoms with E-state index in [-0.39, 0.29) is 17.0 Å². The van der Waals surface area contributed by atoms with Crippen molar-refractivity contribution in [2.24, 2.45) is 5.41 Å². The van der Waals surface area contributed by atoms with Gasteiger partial charge in [0.15, 0.2) is 0 Å². The van der Waals surface area contributed by atoms with Crippen LogP contribution in [0.4, 0.5) is 0 Å². The second kappa shape index (κ2) is 1.63. The van der Waals surface area contributed by atoms with Gasteiger partial charge in [-0.05, 0) is 12.8 Å². The van der Waals surface area contributed by atoms with Gasteiger partial charge < -0.3 is 10.0 Å². The van der Waals surface area contributed by atoms with E-state index >= 15 is 0 Å². The van der Waals surface area contributed by atoms with Crippen LogP contribution in [0.1, 0.15) is 19.3 Å². The van der Waals surface area contributed by atoms with E-state index in [2.05, 4.69) is 0 Å². The van der Waals surface area contributed by atoms with E-state index in [0.717, 1.165) is 12.8 Å². The molecule has 0 saturated heterocycles. The molecule has 3 nitrogen and oxygen atoms in total. The van der Waals surface area contributed by atoms with Crippen molar-refractivity contribution in [3.63, 3.8) is 0 Å². The maximum absolute atomic E-state index is 10.9. The molecule has 54 valence electrons. The third-order valence-corrected chi connectivity index (χ3v) is 2.82. The summed E-state index contributed by atoms with van der Waals surface area (Å²) in [6.45, 7) is 0. The summed E-state index contributed by atoms with van der Waals surface area (Å²) < 4.78 is 0. The van der Waals surface area contributed by atoms with E-state index in [4.69, 9.17) is 10.0 Å². The van der Waals surface area contributed by atoms with Gasteiger partial charge in [-0.15, -0.1) is 0 Å². The molecule has 10 heavy (non-hydrogen) atoms. The van der Waals surface area contributed by atoms with Gasteiger partial charge in [-0.3, -0.25) is 4.79 Å². The Bertz CT molecular complexity index is 185. The first-order valence-corrected chi connectivity index (χ1v) is 3.56. The Hall–Kier alpha value is -0.345. The van der Waals surface area contributed by atoms with Crippen molar-refractivity contribution in [3.05, 3.63) is 0 Å². The van der Waals surface area contributed by atoms with Gasteiger partial charge in [0.25, 0.3) is 0 Å². The van der Waals surface area contributed by atoms with Crippen LogP contribution in [0, 0.1) is 5.41 Å². The van der Waals surface area contributed by atoms with Crippen LogP contribution in [-0.4, -0.2) is 22.9 Å². The van der Waals surface area contributed by atoms with E-state index in [1.165, 1.54) is 0 Å². The maximum atomic E-state index is 10.9. The molecule has 1 unspecified atom stereocenters. The lowest BCUT2D eigenvalue weighted by Crippen LogP contribution is -2.43. The summed E-state index contributed by atoms with van der Waals surface area (Å²) >= 11 is 0. The summed E-state index contributed by atoms with van der Waals surface area (Å²) in [5.41, 5.74) is -0.270. The van der Waals surface area contributed by atoms with Crippen LogP contribution in [0.25, 0.3) is 0 Å². The molecule has 4 heteroatoms. The first kappa shape index (κ1) is 6.37. The second-order valence-electron chi connectivity index (χ2n) is 3.30. The van der Waals surface area contributed by atoms with Crippen LogP contribution < -0.4 is 0 Å². The van der Waals surface area contributed by atoms with Crippen LogP contribution in [0.2, 0.25) is 5.82 Å².